The first-order chi connectivity index (χ1) is 11.8. The third-order valence-electron chi connectivity index (χ3n) is 4.52. The number of hydrogen-bond donors (Lipinski definition) is 0. The van der Waals surface area contributed by atoms with Gasteiger partial charge in [-0.05, 0) is 12.8 Å². The molecule has 1 aromatic rings. The first kappa shape index (κ1) is 17.4. The summed E-state index contributed by atoms with van der Waals surface area (Å²) in [4.78, 5) is 14.1. The lowest BCUT2D eigenvalue weighted by Gasteiger charge is -2.34. The Balaban J connectivity index is 1.76. The Kier molecular flexibility index (Phi) is 6.23. The standard InChI is InChI=1S/C17H28N4O3/c1-3-14-12-16(19-17(18-14)20-5-9-23-10-6-20)21-7-11-24-15(13-21)4-8-22-2/h12,15H,3-11,13H2,1-2H3. The second-order valence-corrected chi connectivity index (χ2v) is 6.19. The highest BCUT2D eigenvalue weighted by molar-refractivity contribution is 5.46. The van der Waals surface area contributed by atoms with Crippen LogP contribution in [-0.2, 0) is 20.6 Å². The topological polar surface area (TPSA) is 60.0 Å². The molecule has 0 radical (unpaired) electrons. The van der Waals surface area contributed by atoms with Crippen LogP contribution in [0.15, 0.2) is 6.07 Å². The molecular formula is C17H28N4O3. The molecule has 0 bridgehead atoms. The van der Waals surface area contributed by atoms with E-state index in [0.717, 1.165) is 82.9 Å². The smallest absolute Gasteiger partial charge is 0.227 e. The van der Waals surface area contributed by atoms with Crippen molar-refractivity contribution in [1.29, 1.82) is 0 Å². The third kappa shape index (κ3) is 4.34. The van der Waals surface area contributed by atoms with Crippen molar-refractivity contribution in [1.82, 2.24) is 9.97 Å². The fraction of sp³-hybridized carbons (Fsp3) is 0.765. The van der Waals surface area contributed by atoms with Gasteiger partial charge in [0.25, 0.3) is 0 Å². The molecule has 0 spiro atoms. The van der Waals surface area contributed by atoms with Crippen molar-refractivity contribution < 1.29 is 14.2 Å². The Labute approximate surface area is 143 Å². The molecule has 2 fully saturated rings. The van der Waals surface area contributed by atoms with Gasteiger partial charge in [-0.1, -0.05) is 6.92 Å². The van der Waals surface area contributed by atoms with Crippen LogP contribution in [0, 0.1) is 0 Å². The van der Waals surface area contributed by atoms with E-state index < -0.39 is 0 Å². The van der Waals surface area contributed by atoms with E-state index in [1.807, 2.05) is 0 Å². The summed E-state index contributed by atoms with van der Waals surface area (Å²) >= 11 is 0. The molecule has 1 atom stereocenters. The van der Waals surface area contributed by atoms with Crippen molar-refractivity contribution in [2.24, 2.45) is 0 Å². The second kappa shape index (κ2) is 8.60. The molecule has 0 saturated carbocycles. The van der Waals surface area contributed by atoms with Gasteiger partial charge in [-0.3, -0.25) is 0 Å². The number of nitrogens with zero attached hydrogens (tertiary/aromatic N) is 4. The second-order valence-electron chi connectivity index (χ2n) is 6.19. The first-order valence-electron chi connectivity index (χ1n) is 8.86. The van der Waals surface area contributed by atoms with E-state index in [4.69, 9.17) is 24.2 Å². The number of hydrogen-bond acceptors (Lipinski definition) is 7. The maximum atomic E-state index is 5.84. The average Bonchev–Trinajstić information content (AvgIpc) is 2.67. The van der Waals surface area contributed by atoms with Crippen LogP contribution in [0.3, 0.4) is 0 Å². The molecule has 1 unspecified atom stereocenters. The van der Waals surface area contributed by atoms with Gasteiger partial charge in [-0.2, -0.15) is 4.98 Å². The summed E-state index contributed by atoms with van der Waals surface area (Å²) in [5, 5.41) is 0. The molecule has 3 rings (SSSR count). The third-order valence-corrected chi connectivity index (χ3v) is 4.52. The Bertz CT molecular complexity index is 523. The van der Waals surface area contributed by atoms with Crippen molar-refractivity contribution in [2.75, 3.05) is 69.5 Å². The van der Waals surface area contributed by atoms with E-state index in [9.17, 15) is 0 Å². The minimum absolute atomic E-state index is 0.200. The molecule has 0 aliphatic carbocycles. The van der Waals surface area contributed by atoms with Crippen molar-refractivity contribution in [3.8, 4) is 0 Å². The molecule has 0 aromatic carbocycles. The van der Waals surface area contributed by atoms with Gasteiger partial charge < -0.3 is 24.0 Å². The summed E-state index contributed by atoms with van der Waals surface area (Å²) in [7, 11) is 1.73. The Morgan fingerprint density at radius 1 is 1.17 bits per heavy atom. The van der Waals surface area contributed by atoms with Crippen LogP contribution < -0.4 is 9.80 Å². The maximum absolute atomic E-state index is 5.84. The number of anilines is 2. The Morgan fingerprint density at radius 2 is 1.96 bits per heavy atom. The van der Waals surface area contributed by atoms with E-state index in [2.05, 4.69) is 22.8 Å². The molecule has 0 N–H and O–H groups in total. The molecule has 0 amide bonds. The number of methoxy groups -OCH3 is 1. The SMILES string of the molecule is CCc1cc(N2CCOC(CCOC)C2)nc(N2CCOCC2)n1. The van der Waals surface area contributed by atoms with Crippen molar-refractivity contribution in [3.63, 3.8) is 0 Å². The number of rotatable bonds is 6. The lowest BCUT2D eigenvalue weighted by Crippen LogP contribution is -2.44. The van der Waals surface area contributed by atoms with Crippen LogP contribution in [0.25, 0.3) is 0 Å². The van der Waals surface area contributed by atoms with Gasteiger partial charge in [-0.25, -0.2) is 4.98 Å². The molecule has 134 valence electrons. The van der Waals surface area contributed by atoms with E-state index in [-0.39, 0.29) is 6.10 Å². The Morgan fingerprint density at radius 3 is 2.71 bits per heavy atom. The summed E-state index contributed by atoms with van der Waals surface area (Å²) in [5.41, 5.74) is 1.08. The minimum Gasteiger partial charge on any atom is -0.385 e. The van der Waals surface area contributed by atoms with Crippen molar-refractivity contribution in [2.45, 2.75) is 25.9 Å². The largest absolute Gasteiger partial charge is 0.385 e. The number of morpholine rings is 2. The highest BCUT2D eigenvalue weighted by Gasteiger charge is 2.23. The molecule has 1 aromatic heterocycles. The zero-order valence-corrected chi connectivity index (χ0v) is 14.7. The van der Waals surface area contributed by atoms with E-state index in [0.29, 0.717) is 0 Å². The summed E-state index contributed by atoms with van der Waals surface area (Å²) in [6.45, 7) is 8.50. The number of aromatic nitrogens is 2. The quantitative estimate of drug-likeness (QED) is 0.771. The summed E-state index contributed by atoms with van der Waals surface area (Å²) in [6, 6.07) is 2.11. The van der Waals surface area contributed by atoms with Gasteiger partial charge in [0.2, 0.25) is 5.95 Å². The summed E-state index contributed by atoms with van der Waals surface area (Å²) in [6.07, 6.45) is 2.02. The molecular weight excluding hydrogens is 308 g/mol. The summed E-state index contributed by atoms with van der Waals surface area (Å²) < 4.78 is 16.5. The van der Waals surface area contributed by atoms with Crippen LogP contribution in [0.1, 0.15) is 19.0 Å². The fourth-order valence-corrected chi connectivity index (χ4v) is 3.07. The van der Waals surface area contributed by atoms with Crippen LogP contribution >= 0.6 is 0 Å². The molecule has 24 heavy (non-hydrogen) atoms. The van der Waals surface area contributed by atoms with Gasteiger partial charge in [0.05, 0.1) is 25.9 Å². The van der Waals surface area contributed by atoms with Crippen LogP contribution in [0.4, 0.5) is 11.8 Å². The Hall–Kier alpha value is -1.44. The van der Waals surface area contributed by atoms with Gasteiger partial charge in [-0.15, -0.1) is 0 Å². The first-order valence-corrected chi connectivity index (χ1v) is 8.86. The van der Waals surface area contributed by atoms with E-state index >= 15 is 0 Å². The van der Waals surface area contributed by atoms with E-state index in [1.165, 1.54) is 0 Å². The minimum atomic E-state index is 0.200. The summed E-state index contributed by atoms with van der Waals surface area (Å²) in [5.74, 6) is 1.83. The lowest BCUT2D eigenvalue weighted by atomic mass is 10.2. The molecule has 2 aliphatic rings. The number of aryl methyl sites for hydroxylation is 1. The van der Waals surface area contributed by atoms with Crippen LogP contribution in [-0.4, -0.2) is 75.8 Å². The normalized spacial score (nSPS) is 22.0. The molecule has 2 saturated heterocycles. The van der Waals surface area contributed by atoms with Gasteiger partial charge in [0.1, 0.15) is 5.82 Å². The molecule has 7 heteroatoms. The zero-order chi connectivity index (χ0) is 16.8. The zero-order valence-electron chi connectivity index (χ0n) is 14.7. The van der Waals surface area contributed by atoms with Gasteiger partial charge in [0, 0.05) is 51.7 Å². The number of ether oxygens (including phenoxy) is 3. The fourth-order valence-electron chi connectivity index (χ4n) is 3.07. The monoisotopic (exact) mass is 336 g/mol. The van der Waals surface area contributed by atoms with Crippen LogP contribution in [0.2, 0.25) is 0 Å². The molecule has 3 heterocycles. The predicted molar refractivity (Wildman–Crippen MR) is 92.9 cm³/mol. The lowest BCUT2D eigenvalue weighted by molar-refractivity contribution is 0.0189. The van der Waals surface area contributed by atoms with Crippen LogP contribution in [0.5, 0.6) is 0 Å². The van der Waals surface area contributed by atoms with Gasteiger partial charge in [0.15, 0.2) is 0 Å². The van der Waals surface area contributed by atoms with Crippen molar-refractivity contribution in [3.05, 3.63) is 11.8 Å². The average molecular weight is 336 g/mol. The molecule has 7 nitrogen and oxygen atoms in total. The maximum Gasteiger partial charge on any atom is 0.227 e. The van der Waals surface area contributed by atoms with Gasteiger partial charge >= 0.3 is 0 Å². The highest BCUT2D eigenvalue weighted by Crippen LogP contribution is 2.21. The van der Waals surface area contributed by atoms with Crippen molar-refractivity contribution >= 4 is 11.8 Å². The predicted octanol–water partition coefficient (Wildman–Crippen LogP) is 1.12. The van der Waals surface area contributed by atoms with E-state index in [1.54, 1.807) is 7.11 Å². The molecule has 2 aliphatic heterocycles. The highest BCUT2D eigenvalue weighted by atomic mass is 16.5.